The third-order valence-corrected chi connectivity index (χ3v) is 2.80. The maximum absolute atomic E-state index is 11.6. The molecule has 12 heavy (non-hydrogen) atoms. The van der Waals surface area contributed by atoms with Crippen molar-refractivity contribution in [2.75, 3.05) is 13.2 Å². The van der Waals surface area contributed by atoms with Gasteiger partial charge >= 0.3 is 7.60 Å². The molecular formula is C8H15O3P. The van der Waals surface area contributed by atoms with Gasteiger partial charge in [-0.1, -0.05) is 18.7 Å². The highest BCUT2D eigenvalue weighted by Crippen LogP contribution is 2.49. The minimum absolute atomic E-state index is 0.374. The SMILES string of the molecule is C=CC=CP(=O)(OCC)OCC. The van der Waals surface area contributed by atoms with Crippen LogP contribution in [0.1, 0.15) is 13.8 Å². The molecule has 3 nitrogen and oxygen atoms in total. The van der Waals surface area contributed by atoms with E-state index in [1.807, 2.05) is 0 Å². The van der Waals surface area contributed by atoms with Gasteiger partial charge in [0.05, 0.1) is 13.2 Å². The zero-order valence-electron chi connectivity index (χ0n) is 7.53. The maximum Gasteiger partial charge on any atom is 0.354 e. The highest BCUT2D eigenvalue weighted by Gasteiger charge is 2.17. The Bertz CT molecular complexity index is 188. The molecule has 0 amide bonds. The van der Waals surface area contributed by atoms with Crippen LogP contribution in [0.3, 0.4) is 0 Å². The number of allylic oxidation sites excluding steroid dienone is 2. The summed E-state index contributed by atoms with van der Waals surface area (Å²) in [5, 5.41) is 0. The van der Waals surface area contributed by atoms with Gasteiger partial charge in [-0.25, -0.2) is 0 Å². The van der Waals surface area contributed by atoms with Crippen LogP contribution in [0.25, 0.3) is 0 Å². The van der Waals surface area contributed by atoms with Crippen molar-refractivity contribution >= 4 is 7.60 Å². The Morgan fingerprint density at radius 1 is 1.33 bits per heavy atom. The summed E-state index contributed by atoms with van der Waals surface area (Å²) < 4.78 is 21.5. The van der Waals surface area contributed by atoms with Crippen molar-refractivity contribution in [1.82, 2.24) is 0 Å². The average molecular weight is 190 g/mol. The van der Waals surface area contributed by atoms with Crippen LogP contribution in [-0.4, -0.2) is 13.2 Å². The largest absolute Gasteiger partial charge is 0.354 e. The zero-order valence-corrected chi connectivity index (χ0v) is 8.42. The third kappa shape index (κ3) is 4.50. The Kier molecular flexibility index (Phi) is 5.99. The molecule has 0 aromatic heterocycles. The quantitative estimate of drug-likeness (QED) is 0.477. The van der Waals surface area contributed by atoms with Gasteiger partial charge in [0.15, 0.2) is 0 Å². The first-order chi connectivity index (χ1) is 5.68. The summed E-state index contributed by atoms with van der Waals surface area (Å²) in [5.74, 6) is 1.41. The van der Waals surface area contributed by atoms with Crippen molar-refractivity contribution in [3.63, 3.8) is 0 Å². The molecular weight excluding hydrogens is 175 g/mol. The predicted molar refractivity (Wildman–Crippen MR) is 50.2 cm³/mol. The summed E-state index contributed by atoms with van der Waals surface area (Å²) >= 11 is 0. The first kappa shape index (κ1) is 11.6. The molecule has 0 fully saturated rings. The van der Waals surface area contributed by atoms with Crippen molar-refractivity contribution in [3.05, 3.63) is 24.5 Å². The van der Waals surface area contributed by atoms with Gasteiger partial charge in [0, 0.05) is 5.82 Å². The first-order valence-electron chi connectivity index (χ1n) is 3.87. The van der Waals surface area contributed by atoms with Crippen LogP contribution in [0.4, 0.5) is 0 Å². The highest BCUT2D eigenvalue weighted by atomic mass is 31.2. The van der Waals surface area contributed by atoms with Gasteiger partial charge in [-0.3, -0.25) is 4.57 Å². The van der Waals surface area contributed by atoms with E-state index in [2.05, 4.69) is 6.58 Å². The van der Waals surface area contributed by atoms with E-state index in [0.29, 0.717) is 13.2 Å². The summed E-state index contributed by atoms with van der Waals surface area (Å²) in [6.45, 7) is 7.76. The molecule has 4 heteroatoms. The fraction of sp³-hybridized carbons (Fsp3) is 0.500. The van der Waals surface area contributed by atoms with Crippen molar-refractivity contribution < 1.29 is 13.6 Å². The van der Waals surface area contributed by atoms with E-state index in [-0.39, 0.29) is 0 Å². The number of hydrogen-bond donors (Lipinski definition) is 0. The van der Waals surface area contributed by atoms with Crippen LogP contribution in [0, 0.1) is 0 Å². The van der Waals surface area contributed by atoms with E-state index in [1.165, 1.54) is 11.9 Å². The molecule has 0 aromatic rings. The van der Waals surface area contributed by atoms with Crippen LogP contribution in [0.2, 0.25) is 0 Å². The van der Waals surface area contributed by atoms with Gasteiger partial charge in [-0.2, -0.15) is 0 Å². The second-order valence-electron chi connectivity index (χ2n) is 1.95. The van der Waals surface area contributed by atoms with Gasteiger partial charge in [0.1, 0.15) is 0 Å². The standard InChI is InChI=1S/C8H15O3P/c1-4-7-8-12(9,10-5-2)11-6-3/h4,7-8H,1,5-6H2,2-3H3. The third-order valence-electron chi connectivity index (χ3n) is 1.02. The molecule has 0 rings (SSSR count). The molecule has 0 saturated carbocycles. The van der Waals surface area contributed by atoms with Crippen molar-refractivity contribution in [3.8, 4) is 0 Å². The minimum Gasteiger partial charge on any atom is -0.306 e. The predicted octanol–water partition coefficient (Wildman–Crippen LogP) is 2.95. The first-order valence-corrected chi connectivity index (χ1v) is 5.48. The molecule has 0 heterocycles. The number of hydrogen-bond acceptors (Lipinski definition) is 3. The Labute approximate surface area is 73.6 Å². The monoisotopic (exact) mass is 190 g/mol. The Hall–Kier alpha value is -0.370. The van der Waals surface area contributed by atoms with E-state index in [0.717, 1.165) is 0 Å². The summed E-state index contributed by atoms with van der Waals surface area (Å²) in [4.78, 5) is 0. The van der Waals surface area contributed by atoms with E-state index in [4.69, 9.17) is 9.05 Å². The van der Waals surface area contributed by atoms with Crippen molar-refractivity contribution in [2.24, 2.45) is 0 Å². The van der Waals surface area contributed by atoms with Crippen LogP contribution >= 0.6 is 7.60 Å². The lowest BCUT2D eigenvalue weighted by Crippen LogP contribution is -1.92. The van der Waals surface area contributed by atoms with E-state index in [1.54, 1.807) is 19.9 Å². The van der Waals surface area contributed by atoms with Gasteiger partial charge in [-0.05, 0) is 13.8 Å². The Morgan fingerprint density at radius 2 is 1.83 bits per heavy atom. The molecule has 0 aliphatic carbocycles. The summed E-state index contributed by atoms with van der Waals surface area (Å²) in [5.41, 5.74) is 0. The smallest absolute Gasteiger partial charge is 0.306 e. The molecule has 0 aromatic carbocycles. The fourth-order valence-corrected chi connectivity index (χ4v) is 1.95. The normalized spacial score (nSPS) is 12.2. The summed E-state index contributed by atoms with van der Waals surface area (Å²) in [6, 6.07) is 0. The van der Waals surface area contributed by atoms with Crippen LogP contribution < -0.4 is 0 Å². The molecule has 0 atom stereocenters. The maximum atomic E-state index is 11.6. The molecule has 0 unspecified atom stereocenters. The van der Waals surface area contributed by atoms with E-state index >= 15 is 0 Å². The molecule has 0 saturated heterocycles. The van der Waals surface area contributed by atoms with Gasteiger partial charge in [0.2, 0.25) is 0 Å². The van der Waals surface area contributed by atoms with E-state index in [9.17, 15) is 4.57 Å². The second-order valence-corrected chi connectivity index (χ2v) is 3.85. The van der Waals surface area contributed by atoms with Crippen LogP contribution in [0.5, 0.6) is 0 Å². The molecule has 70 valence electrons. The Balaban J connectivity index is 4.27. The van der Waals surface area contributed by atoms with E-state index < -0.39 is 7.60 Å². The summed E-state index contributed by atoms with van der Waals surface area (Å²) in [6.07, 6.45) is 3.09. The summed E-state index contributed by atoms with van der Waals surface area (Å²) in [7, 11) is -2.99. The van der Waals surface area contributed by atoms with Crippen LogP contribution in [-0.2, 0) is 13.6 Å². The fourth-order valence-electron chi connectivity index (χ4n) is 0.649. The van der Waals surface area contributed by atoms with Crippen molar-refractivity contribution in [1.29, 1.82) is 0 Å². The minimum atomic E-state index is -2.99. The lowest BCUT2D eigenvalue weighted by molar-refractivity contribution is 0.229. The zero-order chi connectivity index (χ0) is 9.45. The number of rotatable bonds is 6. The lowest BCUT2D eigenvalue weighted by atomic mass is 10.6. The average Bonchev–Trinajstić information content (AvgIpc) is 2.02. The molecule has 0 aliphatic rings. The molecule has 0 radical (unpaired) electrons. The molecule has 0 bridgehead atoms. The van der Waals surface area contributed by atoms with Gasteiger partial charge in [-0.15, -0.1) is 0 Å². The lowest BCUT2D eigenvalue weighted by Gasteiger charge is -2.11. The van der Waals surface area contributed by atoms with Gasteiger partial charge < -0.3 is 9.05 Å². The van der Waals surface area contributed by atoms with Gasteiger partial charge in [0.25, 0.3) is 0 Å². The second kappa shape index (κ2) is 6.18. The van der Waals surface area contributed by atoms with Crippen molar-refractivity contribution in [2.45, 2.75) is 13.8 Å². The molecule has 0 spiro atoms. The molecule has 0 aliphatic heterocycles. The highest BCUT2D eigenvalue weighted by molar-refractivity contribution is 7.57. The molecule has 0 N–H and O–H groups in total. The topological polar surface area (TPSA) is 35.5 Å². The van der Waals surface area contributed by atoms with Crippen LogP contribution in [0.15, 0.2) is 24.5 Å². The Morgan fingerprint density at radius 3 is 2.17 bits per heavy atom.